The van der Waals surface area contributed by atoms with E-state index in [0.29, 0.717) is 11.4 Å². The summed E-state index contributed by atoms with van der Waals surface area (Å²) in [6.45, 7) is 1.54. The van der Waals surface area contributed by atoms with E-state index in [1.54, 1.807) is 24.3 Å². The summed E-state index contributed by atoms with van der Waals surface area (Å²) in [6.07, 6.45) is 0. The van der Waals surface area contributed by atoms with Crippen molar-refractivity contribution in [2.75, 3.05) is 11.1 Å². The summed E-state index contributed by atoms with van der Waals surface area (Å²) < 4.78 is 0. The molecule has 1 aromatic heterocycles. The van der Waals surface area contributed by atoms with Crippen LogP contribution in [0.1, 0.15) is 26.5 Å². The number of carboxylic acids is 1. The van der Waals surface area contributed by atoms with Crippen molar-refractivity contribution in [1.29, 1.82) is 0 Å². The molecule has 0 bridgehead atoms. The normalized spacial score (nSPS) is 10.1. The third-order valence-electron chi connectivity index (χ3n) is 2.76. The van der Waals surface area contributed by atoms with Crippen molar-refractivity contribution >= 4 is 23.3 Å². The number of amides is 1. The number of nitrogen functional groups attached to an aromatic ring is 1. The van der Waals surface area contributed by atoms with Crippen LogP contribution >= 0.6 is 0 Å². The molecule has 2 aromatic rings. The molecule has 0 saturated heterocycles. The van der Waals surface area contributed by atoms with Crippen LogP contribution in [0.15, 0.2) is 36.4 Å². The lowest BCUT2D eigenvalue weighted by molar-refractivity contribution is 0.0695. The molecule has 0 unspecified atom stereocenters. The second-order valence-electron chi connectivity index (χ2n) is 4.18. The number of carbonyl (C=O) groups excluding carboxylic acids is 1. The van der Waals surface area contributed by atoms with Crippen molar-refractivity contribution < 1.29 is 14.7 Å². The fourth-order valence-corrected chi connectivity index (χ4v) is 1.71. The van der Waals surface area contributed by atoms with Crippen LogP contribution in [-0.2, 0) is 0 Å². The minimum Gasteiger partial charge on any atom is -0.478 e. The van der Waals surface area contributed by atoms with E-state index in [0.717, 1.165) is 0 Å². The molecule has 0 saturated carbocycles. The van der Waals surface area contributed by atoms with Gasteiger partial charge in [-0.15, -0.1) is 0 Å². The summed E-state index contributed by atoms with van der Waals surface area (Å²) >= 11 is 0. The van der Waals surface area contributed by atoms with Crippen LogP contribution in [0.2, 0.25) is 0 Å². The molecule has 0 atom stereocenters. The average Bonchev–Trinajstić information content (AvgIpc) is 2.40. The van der Waals surface area contributed by atoms with Crippen LogP contribution in [-0.4, -0.2) is 22.0 Å². The molecule has 102 valence electrons. The Morgan fingerprint density at radius 1 is 1.20 bits per heavy atom. The zero-order chi connectivity index (χ0) is 14.7. The number of para-hydroxylation sites is 2. The van der Waals surface area contributed by atoms with E-state index in [1.807, 2.05) is 0 Å². The quantitative estimate of drug-likeness (QED) is 0.739. The minimum absolute atomic E-state index is 0.0702. The fourth-order valence-electron chi connectivity index (χ4n) is 1.71. The molecule has 0 aliphatic rings. The van der Waals surface area contributed by atoms with E-state index in [2.05, 4.69) is 10.3 Å². The zero-order valence-electron chi connectivity index (χ0n) is 10.8. The van der Waals surface area contributed by atoms with E-state index in [9.17, 15) is 9.59 Å². The predicted molar refractivity (Wildman–Crippen MR) is 74.7 cm³/mol. The topological polar surface area (TPSA) is 105 Å². The molecule has 1 heterocycles. The van der Waals surface area contributed by atoms with Gasteiger partial charge >= 0.3 is 5.97 Å². The second-order valence-corrected chi connectivity index (χ2v) is 4.18. The Morgan fingerprint density at radius 3 is 2.50 bits per heavy atom. The standard InChI is InChI=1S/C14H13N3O3/c1-8-9(14(19)20)6-7-12(16-8)13(18)17-11-5-3-2-4-10(11)15/h2-7H,15H2,1H3,(H,17,18)(H,19,20). The first-order chi connectivity index (χ1) is 9.49. The van der Waals surface area contributed by atoms with Crippen molar-refractivity contribution in [2.24, 2.45) is 0 Å². The highest BCUT2D eigenvalue weighted by atomic mass is 16.4. The Bertz CT molecular complexity index is 683. The van der Waals surface area contributed by atoms with Crippen molar-refractivity contribution in [3.05, 3.63) is 53.3 Å². The number of benzene rings is 1. The molecular weight excluding hydrogens is 258 g/mol. The molecule has 2 rings (SSSR count). The van der Waals surface area contributed by atoms with Crippen LogP contribution in [0, 0.1) is 6.92 Å². The monoisotopic (exact) mass is 271 g/mol. The van der Waals surface area contributed by atoms with E-state index >= 15 is 0 Å². The number of pyridine rings is 1. The lowest BCUT2D eigenvalue weighted by Crippen LogP contribution is -2.16. The molecule has 20 heavy (non-hydrogen) atoms. The van der Waals surface area contributed by atoms with Gasteiger partial charge in [-0.25, -0.2) is 9.78 Å². The summed E-state index contributed by atoms with van der Waals surface area (Å²) in [7, 11) is 0. The number of aromatic carboxylic acids is 1. The summed E-state index contributed by atoms with van der Waals surface area (Å²) in [5.74, 6) is -1.52. The lowest BCUT2D eigenvalue weighted by Gasteiger charge is -2.08. The number of nitrogens with two attached hydrogens (primary N) is 1. The van der Waals surface area contributed by atoms with E-state index in [-0.39, 0.29) is 17.0 Å². The molecule has 0 spiro atoms. The van der Waals surface area contributed by atoms with E-state index in [4.69, 9.17) is 10.8 Å². The fraction of sp³-hybridized carbons (Fsp3) is 0.0714. The summed E-state index contributed by atoms with van der Waals surface area (Å²) in [6, 6.07) is 9.57. The molecule has 6 nitrogen and oxygen atoms in total. The van der Waals surface area contributed by atoms with Gasteiger partial charge in [0.2, 0.25) is 0 Å². The molecular formula is C14H13N3O3. The molecule has 0 aliphatic carbocycles. The highest BCUT2D eigenvalue weighted by Crippen LogP contribution is 2.17. The van der Waals surface area contributed by atoms with Gasteiger partial charge in [0, 0.05) is 0 Å². The molecule has 0 radical (unpaired) electrons. The number of aryl methyl sites for hydroxylation is 1. The number of nitrogens with zero attached hydrogens (tertiary/aromatic N) is 1. The maximum absolute atomic E-state index is 12.0. The van der Waals surface area contributed by atoms with Crippen LogP contribution < -0.4 is 11.1 Å². The molecule has 6 heteroatoms. The number of rotatable bonds is 3. The van der Waals surface area contributed by atoms with Crippen LogP contribution in [0.3, 0.4) is 0 Å². The molecule has 0 aliphatic heterocycles. The van der Waals surface area contributed by atoms with Crippen molar-refractivity contribution in [1.82, 2.24) is 4.98 Å². The summed E-state index contributed by atoms with van der Waals surface area (Å²) in [4.78, 5) is 26.9. The first-order valence-corrected chi connectivity index (χ1v) is 5.86. The van der Waals surface area contributed by atoms with Gasteiger partial charge in [0.15, 0.2) is 0 Å². The van der Waals surface area contributed by atoms with Crippen LogP contribution in [0.5, 0.6) is 0 Å². The Labute approximate surface area is 115 Å². The number of nitrogens with one attached hydrogen (secondary N) is 1. The first kappa shape index (κ1) is 13.5. The maximum Gasteiger partial charge on any atom is 0.337 e. The van der Waals surface area contributed by atoms with E-state index in [1.165, 1.54) is 19.1 Å². The lowest BCUT2D eigenvalue weighted by atomic mass is 10.2. The van der Waals surface area contributed by atoms with Gasteiger partial charge < -0.3 is 16.2 Å². The SMILES string of the molecule is Cc1nc(C(=O)Nc2ccccc2N)ccc1C(=O)O. The number of carbonyl (C=O) groups is 2. The van der Waals surface area contributed by atoms with Gasteiger partial charge in [-0.3, -0.25) is 4.79 Å². The minimum atomic E-state index is -1.07. The van der Waals surface area contributed by atoms with Gasteiger partial charge in [0.1, 0.15) is 5.69 Å². The third-order valence-corrected chi connectivity index (χ3v) is 2.76. The highest BCUT2D eigenvalue weighted by molar-refractivity contribution is 6.04. The predicted octanol–water partition coefficient (Wildman–Crippen LogP) is 1.92. The Morgan fingerprint density at radius 2 is 1.90 bits per heavy atom. The van der Waals surface area contributed by atoms with Crippen molar-refractivity contribution in [3.8, 4) is 0 Å². The Balaban J connectivity index is 2.24. The van der Waals surface area contributed by atoms with Gasteiger partial charge in [-0.05, 0) is 31.2 Å². The summed E-state index contributed by atoms with van der Waals surface area (Å²) in [5.41, 5.74) is 7.15. The van der Waals surface area contributed by atoms with Gasteiger partial charge in [0.25, 0.3) is 5.91 Å². The van der Waals surface area contributed by atoms with Crippen LogP contribution in [0.25, 0.3) is 0 Å². The Hall–Kier alpha value is -2.89. The van der Waals surface area contributed by atoms with Crippen molar-refractivity contribution in [3.63, 3.8) is 0 Å². The largest absolute Gasteiger partial charge is 0.478 e. The van der Waals surface area contributed by atoms with Gasteiger partial charge in [-0.1, -0.05) is 12.1 Å². The molecule has 1 amide bonds. The van der Waals surface area contributed by atoms with E-state index < -0.39 is 11.9 Å². The third kappa shape index (κ3) is 2.74. The smallest absolute Gasteiger partial charge is 0.337 e. The number of hydrogen-bond acceptors (Lipinski definition) is 4. The van der Waals surface area contributed by atoms with Crippen molar-refractivity contribution in [2.45, 2.75) is 6.92 Å². The number of carboxylic acid groups (broad SMARTS) is 1. The highest BCUT2D eigenvalue weighted by Gasteiger charge is 2.13. The zero-order valence-corrected chi connectivity index (χ0v) is 10.8. The Kier molecular flexibility index (Phi) is 3.65. The maximum atomic E-state index is 12.0. The summed E-state index contributed by atoms with van der Waals surface area (Å²) in [5, 5.41) is 11.5. The van der Waals surface area contributed by atoms with Crippen LogP contribution in [0.4, 0.5) is 11.4 Å². The first-order valence-electron chi connectivity index (χ1n) is 5.86. The number of hydrogen-bond donors (Lipinski definition) is 3. The number of anilines is 2. The average molecular weight is 271 g/mol. The van der Waals surface area contributed by atoms with Gasteiger partial charge in [0.05, 0.1) is 22.6 Å². The van der Waals surface area contributed by atoms with Gasteiger partial charge in [-0.2, -0.15) is 0 Å². The molecule has 4 N–H and O–H groups in total. The number of aromatic nitrogens is 1. The molecule has 1 aromatic carbocycles. The second kappa shape index (κ2) is 5.40. The molecule has 0 fully saturated rings.